The summed E-state index contributed by atoms with van der Waals surface area (Å²) < 4.78 is 5.68. The van der Waals surface area contributed by atoms with Crippen molar-refractivity contribution in [3.05, 3.63) is 24.3 Å². The lowest BCUT2D eigenvalue weighted by atomic mass is 10.2. The number of fused-ring (bicyclic) bond motifs is 1. The van der Waals surface area contributed by atoms with E-state index >= 15 is 0 Å². The molecule has 0 atom stereocenters. The Kier molecular flexibility index (Phi) is 3.97. The first kappa shape index (κ1) is 13.0. The molecular formula is C14H21N3O. The Hall–Kier alpha value is -1.42. The van der Waals surface area contributed by atoms with E-state index in [0.29, 0.717) is 0 Å². The quantitative estimate of drug-likeness (QED) is 0.762. The summed E-state index contributed by atoms with van der Waals surface area (Å²) in [4.78, 5) is 1.78. The SMILES string of the molecule is CC(C)(C)OCCCCn1nc2ccccc2n1. The number of nitrogens with zero attached hydrogens (tertiary/aromatic N) is 3. The number of unbranched alkanes of at least 4 members (excludes halogenated alkanes) is 1. The van der Waals surface area contributed by atoms with Gasteiger partial charge >= 0.3 is 0 Å². The average molecular weight is 247 g/mol. The molecule has 0 amide bonds. The summed E-state index contributed by atoms with van der Waals surface area (Å²) in [6, 6.07) is 7.94. The molecule has 18 heavy (non-hydrogen) atoms. The van der Waals surface area contributed by atoms with Gasteiger partial charge in [0.1, 0.15) is 11.0 Å². The van der Waals surface area contributed by atoms with E-state index in [0.717, 1.165) is 37.0 Å². The number of aryl methyl sites for hydroxylation is 1. The predicted octanol–water partition coefficient (Wildman–Crippen LogP) is 3.03. The van der Waals surface area contributed by atoms with Crippen LogP contribution in [0.2, 0.25) is 0 Å². The van der Waals surface area contributed by atoms with E-state index < -0.39 is 0 Å². The van der Waals surface area contributed by atoms with Crippen LogP contribution in [0, 0.1) is 0 Å². The molecule has 2 aromatic rings. The van der Waals surface area contributed by atoms with Gasteiger partial charge in [-0.3, -0.25) is 0 Å². The fourth-order valence-corrected chi connectivity index (χ4v) is 1.74. The van der Waals surface area contributed by atoms with E-state index in [1.807, 2.05) is 24.3 Å². The van der Waals surface area contributed by atoms with Gasteiger partial charge in [0.05, 0.1) is 12.1 Å². The minimum atomic E-state index is -0.0430. The summed E-state index contributed by atoms with van der Waals surface area (Å²) in [5, 5.41) is 8.85. The third-order valence-electron chi connectivity index (χ3n) is 2.62. The molecule has 1 aromatic heterocycles. The van der Waals surface area contributed by atoms with Crippen LogP contribution in [0.4, 0.5) is 0 Å². The normalized spacial score (nSPS) is 12.2. The molecule has 4 heteroatoms. The fourth-order valence-electron chi connectivity index (χ4n) is 1.74. The van der Waals surface area contributed by atoms with E-state index in [2.05, 4.69) is 31.0 Å². The number of hydrogen-bond acceptors (Lipinski definition) is 3. The summed E-state index contributed by atoms with van der Waals surface area (Å²) in [6.45, 7) is 7.88. The highest BCUT2D eigenvalue weighted by molar-refractivity contribution is 5.72. The zero-order valence-corrected chi connectivity index (χ0v) is 11.4. The maximum atomic E-state index is 5.68. The van der Waals surface area contributed by atoms with Crippen LogP contribution in [0.3, 0.4) is 0 Å². The van der Waals surface area contributed by atoms with Crippen molar-refractivity contribution in [3.63, 3.8) is 0 Å². The number of aromatic nitrogens is 3. The van der Waals surface area contributed by atoms with Crippen molar-refractivity contribution >= 4 is 11.0 Å². The number of hydrogen-bond donors (Lipinski definition) is 0. The molecule has 0 aliphatic heterocycles. The summed E-state index contributed by atoms with van der Waals surface area (Å²) >= 11 is 0. The minimum Gasteiger partial charge on any atom is -0.376 e. The lowest BCUT2D eigenvalue weighted by Gasteiger charge is -2.19. The molecule has 2 rings (SSSR count). The Morgan fingerprint density at radius 1 is 1.06 bits per heavy atom. The van der Waals surface area contributed by atoms with Crippen molar-refractivity contribution in [2.24, 2.45) is 0 Å². The van der Waals surface area contributed by atoms with Crippen molar-refractivity contribution in [1.82, 2.24) is 15.0 Å². The monoisotopic (exact) mass is 247 g/mol. The second-order valence-electron chi connectivity index (χ2n) is 5.45. The third-order valence-corrected chi connectivity index (χ3v) is 2.62. The predicted molar refractivity (Wildman–Crippen MR) is 72.5 cm³/mol. The standard InChI is InChI=1S/C14H21N3O/c1-14(2,3)18-11-7-6-10-17-15-12-8-4-5-9-13(12)16-17/h4-5,8-9H,6-7,10-11H2,1-3H3. The van der Waals surface area contributed by atoms with Gasteiger partial charge in [-0.1, -0.05) is 12.1 Å². The maximum absolute atomic E-state index is 5.68. The smallest absolute Gasteiger partial charge is 0.113 e. The Morgan fingerprint density at radius 2 is 1.67 bits per heavy atom. The van der Waals surface area contributed by atoms with Gasteiger partial charge in [0.25, 0.3) is 0 Å². The second kappa shape index (κ2) is 5.48. The molecule has 0 aliphatic carbocycles. The molecule has 0 radical (unpaired) electrons. The van der Waals surface area contributed by atoms with Crippen LogP contribution in [0.5, 0.6) is 0 Å². The van der Waals surface area contributed by atoms with Crippen molar-refractivity contribution in [1.29, 1.82) is 0 Å². The van der Waals surface area contributed by atoms with Gasteiger partial charge in [-0.2, -0.15) is 15.0 Å². The van der Waals surface area contributed by atoms with Crippen LogP contribution < -0.4 is 0 Å². The van der Waals surface area contributed by atoms with Crippen LogP contribution in [0.25, 0.3) is 11.0 Å². The molecule has 0 N–H and O–H groups in total. The van der Waals surface area contributed by atoms with Crippen LogP contribution in [0.1, 0.15) is 33.6 Å². The van der Waals surface area contributed by atoms with Crippen molar-refractivity contribution < 1.29 is 4.74 Å². The van der Waals surface area contributed by atoms with E-state index in [4.69, 9.17) is 4.74 Å². The van der Waals surface area contributed by atoms with Gasteiger partial charge in [-0.25, -0.2) is 0 Å². The molecule has 0 saturated carbocycles. The van der Waals surface area contributed by atoms with Gasteiger partial charge in [-0.05, 0) is 45.7 Å². The first-order chi connectivity index (χ1) is 8.54. The number of ether oxygens (including phenoxy) is 1. The molecule has 4 nitrogen and oxygen atoms in total. The van der Waals surface area contributed by atoms with Crippen molar-refractivity contribution in [3.8, 4) is 0 Å². The minimum absolute atomic E-state index is 0.0430. The summed E-state index contributed by atoms with van der Waals surface area (Å²) in [5.41, 5.74) is 1.88. The first-order valence-corrected chi connectivity index (χ1v) is 6.48. The second-order valence-corrected chi connectivity index (χ2v) is 5.45. The largest absolute Gasteiger partial charge is 0.376 e. The van der Waals surface area contributed by atoms with Crippen LogP contribution in [0.15, 0.2) is 24.3 Å². The van der Waals surface area contributed by atoms with Crippen LogP contribution in [-0.2, 0) is 11.3 Å². The molecule has 0 bridgehead atoms. The van der Waals surface area contributed by atoms with E-state index in [1.165, 1.54) is 0 Å². The molecule has 0 saturated heterocycles. The molecule has 0 fully saturated rings. The average Bonchev–Trinajstić information content (AvgIpc) is 2.69. The highest BCUT2D eigenvalue weighted by Gasteiger charge is 2.09. The van der Waals surface area contributed by atoms with Crippen LogP contribution >= 0.6 is 0 Å². The molecule has 0 unspecified atom stereocenters. The first-order valence-electron chi connectivity index (χ1n) is 6.48. The molecule has 1 aromatic carbocycles. The van der Waals surface area contributed by atoms with E-state index in [1.54, 1.807) is 4.80 Å². The van der Waals surface area contributed by atoms with Crippen LogP contribution in [-0.4, -0.2) is 27.2 Å². The molecule has 0 aliphatic rings. The summed E-state index contributed by atoms with van der Waals surface area (Å²) in [6.07, 6.45) is 2.08. The van der Waals surface area contributed by atoms with Gasteiger partial charge in [0, 0.05) is 6.61 Å². The Morgan fingerprint density at radius 3 is 2.22 bits per heavy atom. The molecule has 1 heterocycles. The number of benzene rings is 1. The Labute approximate surface area is 108 Å². The lowest BCUT2D eigenvalue weighted by molar-refractivity contribution is -0.00501. The highest BCUT2D eigenvalue weighted by Crippen LogP contribution is 2.09. The molecule has 98 valence electrons. The van der Waals surface area contributed by atoms with Gasteiger partial charge in [0.15, 0.2) is 0 Å². The zero-order chi connectivity index (χ0) is 13.0. The Balaban J connectivity index is 1.77. The number of rotatable bonds is 5. The molecular weight excluding hydrogens is 226 g/mol. The highest BCUT2D eigenvalue weighted by atomic mass is 16.5. The van der Waals surface area contributed by atoms with Gasteiger partial charge < -0.3 is 4.74 Å². The Bertz CT molecular complexity index is 466. The fraction of sp³-hybridized carbons (Fsp3) is 0.571. The maximum Gasteiger partial charge on any atom is 0.113 e. The topological polar surface area (TPSA) is 39.9 Å². The zero-order valence-electron chi connectivity index (χ0n) is 11.4. The van der Waals surface area contributed by atoms with Gasteiger partial charge in [-0.15, -0.1) is 0 Å². The summed E-state index contributed by atoms with van der Waals surface area (Å²) in [7, 11) is 0. The lowest BCUT2D eigenvalue weighted by Crippen LogP contribution is -2.19. The van der Waals surface area contributed by atoms with E-state index in [-0.39, 0.29) is 5.60 Å². The third kappa shape index (κ3) is 3.81. The van der Waals surface area contributed by atoms with Gasteiger partial charge in [0.2, 0.25) is 0 Å². The van der Waals surface area contributed by atoms with E-state index in [9.17, 15) is 0 Å². The van der Waals surface area contributed by atoms with Crippen molar-refractivity contribution in [2.75, 3.05) is 6.61 Å². The molecule has 0 spiro atoms. The van der Waals surface area contributed by atoms with Crippen molar-refractivity contribution in [2.45, 2.75) is 45.8 Å². The summed E-state index contributed by atoms with van der Waals surface area (Å²) in [5.74, 6) is 0.